The van der Waals surface area contributed by atoms with E-state index < -0.39 is 6.10 Å². The number of nitrogens with one attached hydrogen (secondary N) is 1. The first-order chi connectivity index (χ1) is 11.6. The minimum atomic E-state index is -0.526. The van der Waals surface area contributed by atoms with E-state index in [1.54, 1.807) is 6.92 Å². The van der Waals surface area contributed by atoms with Gasteiger partial charge in [-0.3, -0.25) is 4.79 Å². The lowest BCUT2D eigenvalue weighted by atomic mass is 10.2. The van der Waals surface area contributed by atoms with E-state index in [0.717, 1.165) is 18.7 Å². The van der Waals surface area contributed by atoms with Crippen LogP contribution in [0.15, 0.2) is 54.6 Å². The molecule has 2 rings (SSSR count). The molecule has 0 aliphatic carbocycles. The molecule has 0 fully saturated rings. The number of carbonyl (C=O) groups is 1. The van der Waals surface area contributed by atoms with Crippen molar-refractivity contribution in [2.24, 2.45) is 0 Å². The lowest BCUT2D eigenvalue weighted by molar-refractivity contribution is -0.127. The number of nitrogens with zero attached hydrogens (tertiary/aromatic N) is 1. The average Bonchev–Trinajstić information content (AvgIpc) is 2.62. The Morgan fingerprint density at radius 3 is 2.25 bits per heavy atom. The Morgan fingerprint density at radius 2 is 1.67 bits per heavy atom. The van der Waals surface area contributed by atoms with Gasteiger partial charge < -0.3 is 15.0 Å². The van der Waals surface area contributed by atoms with Crippen molar-refractivity contribution >= 4 is 11.6 Å². The molecule has 1 unspecified atom stereocenters. The first kappa shape index (κ1) is 17.9. The van der Waals surface area contributed by atoms with E-state index in [1.807, 2.05) is 30.3 Å². The van der Waals surface area contributed by atoms with Gasteiger partial charge in [-0.1, -0.05) is 30.3 Å². The zero-order chi connectivity index (χ0) is 17.4. The molecule has 24 heavy (non-hydrogen) atoms. The molecule has 4 nitrogen and oxygen atoms in total. The van der Waals surface area contributed by atoms with Crippen molar-refractivity contribution in [3.63, 3.8) is 0 Å². The maximum atomic E-state index is 12.1. The molecule has 0 bridgehead atoms. The van der Waals surface area contributed by atoms with Crippen LogP contribution in [-0.2, 0) is 11.3 Å². The maximum Gasteiger partial charge on any atom is 0.261 e. The van der Waals surface area contributed by atoms with Crippen molar-refractivity contribution < 1.29 is 9.53 Å². The third kappa shape index (κ3) is 5.01. The fraction of sp³-hybridized carbons (Fsp3) is 0.350. The second-order valence-electron chi connectivity index (χ2n) is 5.63. The summed E-state index contributed by atoms with van der Waals surface area (Å²) in [5, 5.41) is 2.92. The quantitative estimate of drug-likeness (QED) is 0.805. The van der Waals surface area contributed by atoms with E-state index >= 15 is 0 Å². The van der Waals surface area contributed by atoms with Crippen LogP contribution in [0.25, 0.3) is 0 Å². The Kier molecular flexibility index (Phi) is 6.67. The molecule has 0 saturated heterocycles. The number of para-hydroxylation sites is 1. The summed E-state index contributed by atoms with van der Waals surface area (Å²) in [7, 11) is 0. The lowest BCUT2D eigenvalue weighted by Gasteiger charge is -2.21. The summed E-state index contributed by atoms with van der Waals surface area (Å²) in [6, 6.07) is 17.7. The smallest absolute Gasteiger partial charge is 0.261 e. The summed E-state index contributed by atoms with van der Waals surface area (Å²) in [6.07, 6.45) is -0.526. The van der Waals surface area contributed by atoms with Crippen LogP contribution in [0.4, 0.5) is 5.69 Å². The Labute approximate surface area is 144 Å². The van der Waals surface area contributed by atoms with Gasteiger partial charge in [0.05, 0.1) is 0 Å². The van der Waals surface area contributed by atoms with Crippen LogP contribution in [0.2, 0.25) is 0 Å². The highest BCUT2D eigenvalue weighted by atomic mass is 16.5. The normalized spacial score (nSPS) is 11.6. The molecular formula is C20H26N2O2. The number of rotatable bonds is 8. The minimum absolute atomic E-state index is 0.119. The Morgan fingerprint density at radius 1 is 1.04 bits per heavy atom. The molecule has 0 aromatic heterocycles. The highest BCUT2D eigenvalue weighted by Crippen LogP contribution is 2.15. The third-order valence-corrected chi connectivity index (χ3v) is 3.96. The molecule has 4 heteroatoms. The van der Waals surface area contributed by atoms with Gasteiger partial charge in [0.2, 0.25) is 0 Å². The van der Waals surface area contributed by atoms with Gasteiger partial charge in [0.1, 0.15) is 5.75 Å². The molecule has 1 N–H and O–H groups in total. The summed E-state index contributed by atoms with van der Waals surface area (Å²) >= 11 is 0. The highest BCUT2D eigenvalue weighted by molar-refractivity contribution is 5.80. The monoisotopic (exact) mass is 326 g/mol. The molecule has 2 aromatic carbocycles. The third-order valence-electron chi connectivity index (χ3n) is 3.96. The zero-order valence-corrected chi connectivity index (χ0v) is 14.7. The molecule has 2 aromatic rings. The van der Waals surface area contributed by atoms with Crippen LogP contribution in [-0.4, -0.2) is 25.1 Å². The molecular weight excluding hydrogens is 300 g/mol. The van der Waals surface area contributed by atoms with Crippen molar-refractivity contribution in [2.75, 3.05) is 18.0 Å². The van der Waals surface area contributed by atoms with Crippen LogP contribution in [0.5, 0.6) is 5.75 Å². The van der Waals surface area contributed by atoms with E-state index in [4.69, 9.17) is 4.74 Å². The molecule has 0 radical (unpaired) electrons. The maximum absolute atomic E-state index is 12.1. The van der Waals surface area contributed by atoms with Gasteiger partial charge in [0, 0.05) is 25.3 Å². The van der Waals surface area contributed by atoms with Gasteiger partial charge in [0.25, 0.3) is 5.91 Å². The van der Waals surface area contributed by atoms with Gasteiger partial charge in [-0.15, -0.1) is 0 Å². The summed E-state index contributed by atoms with van der Waals surface area (Å²) in [5.41, 5.74) is 2.28. The van der Waals surface area contributed by atoms with Gasteiger partial charge in [-0.2, -0.15) is 0 Å². The van der Waals surface area contributed by atoms with E-state index in [9.17, 15) is 4.79 Å². The predicted molar refractivity (Wildman–Crippen MR) is 98.4 cm³/mol. The number of amides is 1. The first-order valence-electron chi connectivity index (χ1n) is 8.47. The fourth-order valence-electron chi connectivity index (χ4n) is 2.50. The fourth-order valence-corrected chi connectivity index (χ4v) is 2.50. The van der Waals surface area contributed by atoms with Crippen LogP contribution in [0.1, 0.15) is 26.3 Å². The molecule has 0 aliphatic rings. The molecule has 0 aliphatic heterocycles. The SMILES string of the molecule is CCN(CC)c1ccc(CNC(=O)C(C)Oc2ccccc2)cc1. The largest absolute Gasteiger partial charge is 0.481 e. The van der Waals surface area contributed by atoms with Crippen molar-refractivity contribution in [1.29, 1.82) is 0 Å². The summed E-state index contributed by atoms with van der Waals surface area (Å²) in [5.74, 6) is 0.579. The number of benzene rings is 2. The first-order valence-corrected chi connectivity index (χ1v) is 8.47. The molecule has 1 atom stereocenters. The van der Waals surface area contributed by atoms with Crippen molar-refractivity contribution in [1.82, 2.24) is 5.32 Å². The minimum Gasteiger partial charge on any atom is -0.481 e. The van der Waals surface area contributed by atoms with Gasteiger partial charge in [-0.25, -0.2) is 0 Å². The Balaban J connectivity index is 1.85. The van der Waals surface area contributed by atoms with Crippen LogP contribution >= 0.6 is 0 Å². The zero-order valence-electron chi connectivity index (χ0n) is 14.7. The van der Waals surface area contributed by atoms with Crippen LogP contribution < -0.4 is 15.0 Å². The number of anilines is 1. The molecule has 128 valence electrons. The lowest BCUT2D eigenvalue weighted by Crippen LogP contribution is -2.35. The van der Waals surface area contributed by atoms with Crippen LogP contribution in [0.3, 0.4) is 0 Å². The molecule has 0 saturated carbocycles. The second-order valence-corrected chi connectivity index (χ2v) is 5.63. The van der Waals surface area contributed by atoms with Gasteiger partial charge in [-0.05, 0) is 50.6 Å². The topological polar surface area (TPSA) is 41.6 Å². The number of carbonyl (C=O) groups excluding carboxylic acids is 1. The van der Waals surface area contributed by atoms with Gasteiger partial charge >= 0.3 is 0 Å². The highest BCUT2D eigenvalue weighted by Gasteiger charge is 2.14. The summed E-state index contributed by atoms with van der Waals surface area (Å²) < 4.78 is 5.63. The Hall–Kier alpha value is -2.49. The van der Waals surface area contributed by atoms with E-state index in [2.05, 4.69) is 48.3 Å². The summed E-state index contributed by atoms with van der Waals surface area (Å²) in [4.78, 5) is 14.4. The van der Waals surface area contributed by atoms with Crippen molar-refractivity contribution in [2.45, 2.75) is 33.4 Å². The average molecular weight is 326 g/mol. The molecule has 0 spiro atoms. The van der Waals surface area contributed by atoms with E-state index in [0.29, 0.717) is 12.3 Å². The second kappa shape index (κ2) is 8.96. The van der Waals surface area contributed by atoms with Crippen LogP contribution in [0, 0.1) is 0 Å². The Bertz CT molecular complexity index is 622. The standard InChI is InChI=1S/C20H26N2O2/c1-4-22(5-2)18-13-11-17(12-14-18)15-21-20(23)16(3)24-19-9-7-6-8-10-19/h6-14,16H,4-5,15H2,1-3H3,(H,21,23). The van der Waals surface area contributed by atoms with Crippen molar-refractivity contribution in [3.05, 3.63) is 60.2 Å². The molecule has 1 amide bonds. The van der Waals surface area contributed by atoms with Gasteiger partial charge in [0.15, 0.2) is 6.10 Å². The number of hydrogen-bond donors (Lipinski definition) is 1. The molecule has 0 heterocycles. The van der Waals surface area contributed by atoms with E-state index in [1.165, 1.54) is 5.69 Å². The number of hydrogen-bond acceptors (Lipinski definition) is 3. The summed E-state index contributed by atoms with van der Waals surface area (Å²) in [6.45, 7) is 8.52. The van der Waals surface area contributed by atoms with E-state index in [-0.39, 0.29) is 5.91 Å². The van der Waals surface area contributed by atoms with Crippen molar-refractivity contribution in [3.8, 4) is 5.75 Å². The predicted octanol–water partition coefficient (Wildman–Crippen LogP) is 3.62. The number of ether oxygens (including phenoxy) is 1.